The highest BCUT2D eigenvalue weighted by atomic mass is 16.6. The molecule has 0 N–H and O–H groups in total. The van der Waals surface area contributed by atoms with Crippen molar-refractivity contribution in [2.24, 2.45) is 0 Å². The third kappa shape index (κ3) is 2.61. The van der Waals surface area contributed by atoms with Gasteiger partial charge in [0.05, 0.1) is 24.7 Å². The first kappa shape index (κ1) is 14.3. The number of nitrogens with zero attached hydrogens (tertiary/aromatic N) is 1. The van der Waals surface area contributed by atoms with Gasteiger partial charge < -0.3 is 14.6 Å². The Kier molecular flexibility index (Phi) is 3.59. The second kappa shape index (κ2) is 5.28. The highest BCUT2D eigenvalue weighted by Crippen LogP contribution is 2.41. The van der Waals surface area contributed by atoms with Crippen molar-refractivity contribution in [3.8, 4) is 0 Å². The molecule has 0 amide bonds. The van der Waals surface area contributed by atoms with Crippen molar-refractivity contribution < 1.29 is 14.2 Å². The number of carbonyl (C=O) groups is 1. The van der Waals surface area contributed by atoms with Gasteiger partial charge in [0.15, 0.2) is 0 Å². The van der Waals surface area contributed by atoms with Crippen molar-refractivity contribution in [1.29, 1.82) is 0 Å². The van der Waals surface area contributed by atoms with Crippen LogP contribution in [0.5, 0.6) is 0 Å². The Labute approximate surface area is 125 Å². The fourth-order valence-electron chi connectivity index (χ4n) is 3.63. The van der Waals surface area contributed by atoms with Crippen molar-refractivity contribution in [2.75, 3.05) is 7.05 Å². The molecular formula is C17H21NO3. The zero-order valence-corrected chi connectivity index (χ0v) is 12.3. The van der Waals surface area contributed by atoms with E-state index >= 15 is 0 Å². The Bertz CT molecular complexity index is 536. The summed E-state index contributed by atoms with van der Waals surface area (Å²) in [5.41, 5.74) is 1.17. The van der Waals surface area contributed by atoms with E-state index in [0.29, 0.717) is 18.4 Å². The van der Waals surface area contributed by atoms with Crippen LogP contribution in [0, 0.1) is 5.21 Å². The van der Waals surface area contributed by atoms with Gasteiger partial charge in [-0.05, 0) is 5.56 Å². The van der Waals surface area contributed by atoms with E-state index in [2.05, 4.69) is 6.58 Å². The third-order valence-electron chi connectivity index (χ3n) is 5.00. The monoisotopic (exact) mass is 287 g/mol. The van der Waals surface area contributed by atoms with Crippen LogP contribution in [-0.4, -0.2) is 35.9 Å². The highest BCUT2D eigenvalue weighted by molar-refractivity contribution is 6.15. The number of rotatable bonds is 3. The molecule has 2 fully saturated rings. The number of fused-ring (bicyclic) bond motifs is 2. The first-order chi connectivity index (χ1) is 9.98. The van der Waals surface area contributed by atoms with E-state index in [-0.39, 0.29) is 28.8 Å². The Morgan fingerprint density at radius 1 is 1.24 bits per heavy atom. The second-order valence-electron chi connectivity index (χ2n) is 6.29. The molecule has 2 heterocycles. The summed E-state index contributed by atoms with van der Waals surface area (Å²) in [5.74, 6) is -0.368. The summed E-state index contributed by atoms with van der Waals surface area (Å²) in [5, 5.41) is 12.4. The molecule has 0 aliphatic carbocycles. The van der Waals surface area contributed by atoms with Crippen LogP contribution in [0.15, 0.2) is 36.9 Å². The molecule has 1 aromatic carbocycles. The van der Waals surface area contributed by atoms with Crippen molar-refractivity contribution >= 4 is 11.5 Å². The summed E-state index contributed by atoms with van der Waals surface area (Å²) < 4.78 is 5.44. The molecule has 2 atom stereocenters. The SMILES string of the molecule is C=C(C(=O)OC1C[C@H]2CC[C@H](C1)[N+]2(C)[O-])c1ccccc1. The van der Waals surface area contributed by atoms with Gasteiger partial charge in [-0.25, -0.2) is 4.79 Å². The van der Waals surface area contributed by atoms with Crippen molar-refractivity contribution in [2.45, 2.75) is 43.9 Å². The topological polar surface area (TPSA) is 49.4 Å². The Hall–Kier alpha value is -1.65. The van der Waals surface area contributed by atoms with Crippen molar-refractivity contribution in [1.82, 2.24) is 0 Å². The third-order valence-corrected chi connectivity index (χ3v) is 5.00. The molecule has 4 nitrogen and oxygen atoms in total. The zero-order valence-electron chi connectivity index (χ0n) is 12.3. The first-order valence-corrected chi connectivity index (χ1v) is 7.50. The van der Waals surface area contributed by atoms with E-state index in [4.69, 9.17) is 4.74 Å². The molecule has 0 saturated carbocycles. The van der Waals surface area contributed by atoms with Crippen LogP contribution in [0.2, 0.25) is 0 Å². The minimum atomic E-state index is -0.368. The van der Waals surface area contributed by atoms with Crippen molar-refractivity contribution in [3.63, 3.8) is 0 Å². The van der Waals surface area contributed by atoms with Crippen LogP contribution in [0.3, 0.4) is 0 Å². The highest BCUT2D eigenvalue weighted by Gasteiger charge is 2.47. The molecule has 0 aromatic heterocycles. The van der Waals surface area contributed by atoms with Gasteiger partial charge in [0, 0.05) is 25.7 Å². The maximum atomic E-state index is 12.4. The quantitative estimate of drug-likeness (QED) is 0.372. The second-order valence-corrected chi connectivity index (χ2v) is 6.29. The fourth-order valence-corrected chi connectivity index (χ4v) is 3.63. The smallest absolute Gasteiger partial charge is 0.338 e. The molecule has 2 bridgehead atoms. The average molecular weight is 287 g/mol. The molecule has 1 aromatic rings. The number of benzene rings is 1. The van der Waals surface area contributed by atoms with Gasteiger partial charge in [-0.15, -0.1) is 0 Å². The molecule has 0 radical (unpaired) electrons. The summed E-state index contributed by atoms with van der Waals surface area (Å²) in [4.78, 5) is 12.2. The van der Waals surface area contributed by atoms with Gasteiger partial charge in [0.25, 0.3) is 0 Å². The Morgan fingerprint density at radius 2 is 1.81 bits per heavy atom. The molecule has 2 aliphatic rings. The number of carbonyl (C=O) groups excluding carboxylic acids is 1. The number of ether oxygens (including phenoxy) is 1. The number of hydrogen-bond donors (Lipinski definition) is 0. The summed E-state index contributed by atoms with van der Waals surface area (Å²) in [7, 11) is 1.75. The fraction of sp³-hybridized carbons (Fsp3) is 0.471. The number of quaternary nitrogens is 1. The molecule has 0 spiro atoms. The molecular weight excluding hydrogens is 266 g/mol. The zero-order chi connectivity index (χ0) is 15.0. The number of piperidine rings is 1. The molecule has 21 heavy (non-hydrogen) atoms. The Morgan fingerprint density at radius 3 is 2.38 bits per heavy atom. The van der Waals surface area contributed by atoms with Gasteiger partial charge in [-0.1, -0.05) is 36.9 Å². The summed E-state index contributed by atoms with van der Waals surface area (Å²) in [6.45, 7) is 3.83. The van der Waals surface area contributed by atoms with E-state index < -0.39 is 0 Å². The lowest BCUT2D eigenvalue weighted by atomic mass is 9.99. The van der Waals surface area contributed by atoms with E-state index in [1.54, 1.807) is 7.05 Å². The van der Waals surface area contributed by atoms with Gasteiger partial charge >= 0.3 is 5.97 Å². The maximum Gasteiger partial charge on any atom is 0.338 e. The van der Waals surface area contributed by atoms with Crippen LogP contribution in [0.4, 0.5) is 0 Å². The van der Waals surface area contributed by atoms with Crippen LogP contribution in [0.25, 0.3) is 5.57 Å². The minimum Gasteiger partial charge on any atom is -0.633 e. The lowest BCUT2D eigenvalue weighted by Gasteiger charge is -2.50. The predicted octanol–water partition coefficient (Wildman–Crippen LogP) is 2.88. The lowest BCUT2D eigenvalue weighted by molar-refractivity contribution is -0.903. The van der Waals surface area contributed by atoms with Crippen LogP contribution >= 0.6 is 0 Å². The van der Waals surface area contributed by atoms with Crippen molar-refractivity contribution in [3.05, 3.63) is 47.7 Å². The maximum absolute atomic E-state index is 12.4. The number of hydrogen-bond acceptors (Lipinski definition) is 3. The van der Waals surface area contributed by atoms with Gasteiger partial charge in [-0.2, -0.15) is 0 Å². The van der Waals surface area contributed by atoms with E-state index in [9.17, 15) is 10.0 Å². The van der Waals surface area contributed by atoms with E-state index in [1.165, 1.54) is 0 Å². The largest absolute Gasteiger partial charge is 0.633 e. The standard InChI is InChI=1S/C17H21NO3/c1-12(13-6-4-3-5-7-13)17(19)21-16-10-14-8-9-15(11-16)18(14,2)20/h3-7,14-16H,1,8-11H2,2H3/t14-,15-,16?,18?/m1/s1. The summed E-state index contributed by atoms with van der Waals surface area (Å²) in [6, 6.07) is 9.48. The molecule has 0 unspecified atom stereocenters. The summed E-state index contributed by atoms with van der Waals surface area (Å²) in [6.07, 6.45) is 3.08. The Balaban J connectivity index is 1.63. The lowest BCUT2D eigenvalue weighted by Crippen LogP contribution is -2.54. The van der Waals surface area contributed by atoms with Gasteiger partial charge in [0.1, 0.15) is 6.10 Å². The minimum absolute atomic E-state index is 0.0755. The van der Waals surface area contributed by atoms with Gasteiger partial charge in [-0.3, -0.25) is 0 Å². The summed E-state index contributed by atoms with van der Waals surface area (Å²) >= 11 is 0. The molecule has 2 aliphatic heterocycles. The van der Waals surface area contributed by atoms with Crippen LogP contribution < -0.4 is 0 Å². The first-order valence-electron chi connectivity index (χ1n) is 7.50. The van der Waals surface area contributed by atoms with E-state index in [0.717, 1.165) is 18.4 Å². The molecule has 2 saturated heterocycles. The number of esters is 1. The van der Waals surface area contributed by atoms with E-state index in [1.807, 2.05) is 30.3 Å². The predicted molar refractivity (Wildman–Crippen MR) is 81.0 cm³/mol. The number of hydroxylamine groups is 3. The molecule has 4 heteroatoms. The molecule has 3 rings (SSSR count). The molecule has 112 valence electrons. The normalized spacial score (nSPS) is 34.5. The van der Waals surface area contributed by atoms with Gasteiger partial charge in [0.2, 0.25) is 0 Å². The van der Waals surface area contributed by atoms with Crippen LogP contribution in [0.1, 0.15) is 31.2 Å². The average Bonchev–Trinajstić information content (AvgIpc) is 2.67. The van der Waals surface area contributed by atoms with Crippen LogP contribution in [-0.2, 0) is 9.53 Å².